The molecule has 1 saturated heterocycles. The molecule has 1 amide bonds. The van der Waals surface area contributed by atoms with Gasteiger partial charge in [0.1, 0.15) is 5.82 Å². The predicted octanol–water partition coefficient (Wildman–Crippen LogP) is 2.69. The Bertz CT molecular complexity index is 843. The molecule has 0 aliphatic carbocycles. The highest BCUT2D eigenvalue weighted by atomic mass is 16.2. The van der Waals surface area contributed by atoms with Crippen LogP contribution in [0.3, 0.4) is 0 Å². The predicted molar refractivity (Wildman–Crippen MR) is 95.6 cm³/mol. The van der Waals surface area contributed by atoms with Crippen LogP contribution in [-0.2, 0) is 11.2 Å². The molecule has 2 atom stereocenters. The van der Waals surface area contributed by atoms with Crippen molar-refractivity contribution in [3.63, 3.8) is 0 Å². The fourth-order valence-corrected chi connectivity index (χ4v) is 3.84. The summed E-state index contributed by atoms with van der Waals surface area (Å²) in [6.07, 6.45) is 4.84. The molecule has 0 unspecified atom stereocenters. The van der Waals surface area contributed by atoms with E-state index in [0.29, 0.717) is 19.6 Å². The molecule has 2 aliphatic rings. The third-order valence-corrected chi connectivity index (χ3v) is 5.25. The van der Waals surface area contributed by atoms with E-state index in [1.54, 1.807) is 4.90 Å². The summed E-state index contributed by atoms with van der Waals surface area (Å²) < 4.78 is 0. The number of hydrogen-bond acceptors (Lipinski definition) is 4. The molecule has 1 fully saturated rings. The molecule has 5 heteroatoms. The zero-order valence-corrected chi connectivity index (χ0v) is 14.2. The van der Waals surface area contributed by atoms with Crippen molar-refractivity contribution in [2.24, 2.45) is 11.8 Å². The number of carbonyl (C=O) groups is 1. The Balaban J connectivity index is 1.58. The molecule has 4 rings (SSSR count). The van der Waals surface area contributed by atoms with Crippen molar-refractivity contribution in [1.29, 1.82) is 5.26 Å². The molecule has 0 N–H and O–H groups in total. The number of aromatic nitrogens is 1. The van der Waals surface area contributed by atoms with E-state index >= 15 is 0 Å². The van der Waals surface area contributed by atoms with E-state index in [2.05, 4.69) is 29.4 Å². The number of amides is 1. The largest absolute Gasteiger partial charge is 0.310 e. The average Bonchev–Trinajstić information content (AvgIpc) is 3.24. The molecule has 0 spiro atoms. The van der Waals surface area contributed by atoms with Crippen LogP contribution in [0.1, 0.15) is 12.5 Å². The highest BCUT2D eigenvalue weighted by Crippen LogP contribution is 2.33. The minimum atomic E-state index is -0.124. The number of fused-ring (bicyclic) bond motifs is 1. The average molecular weight is 332 g/mol. The minimum absolute atomic E-state index is 0.101. The molecule has 126 valence electrons. The number of carbonyl (C=O) groups excluding carboxylic acids is 1. The lowest BCUT2D eigenvalue weighted by molar-refractivity contribution is -0.122. The van der Waals surface area contributed by atoms with Crippen LogP contribution in [-0.4, -0.2) is 35.4 Å². The molecule has 1 aromatic carbocycles. The van der Waals surface area contributed by atoms with E-state index in [0.717, 1.165) is 28.9 Å². The molecule has 0 saturated carbocycles. The third-order valence-electron chi connectivity index (χ3n) is 5.25. The number of benzene rings is 1. The second-order valence-electron chi connectivity index (χ2n) is 6.90. The fourth-order valence-electron chi connectivity index (χ4n) is 3.84. The second-order valence-corrected chi connectivity index (χ2v) is 6.90. The van der Waals surface area contributed by atoms with E-state index in [4.69, 9.17) is 5.26 Å². The summed E-state index contributed by atoms with van der Waals surface area (Å²) in [5.41, 5.74) is 3.34. The van der Waals surface area contributed by atoms with E-state index < -0.39 is 0 Å². The summed E-state index contributed by atoms with van der Waals surface area (Å²) in [5, 5.41) is 9.08. The topological polar surface area (TPSA) is 60.2 Å². The molecule has 1 aromatic heterocycles. The van der Waals surface area contributed by atoms with Crippen molar-refractivity contribution in [1.82, 2.24) is 9.88 Å². The number of nitriles is 1. The van der Waals surface area contributed by atoms with Gasteiger partial charge in [0, 0.05) is 31.4 Å². The number of pyridine rings is 1. The monoisotopic (exact) mass is 332 g/mol. The smallest absolute Gasteiger partial charge is 0.233 e. The first-order chi connectivity index (χ1) is 12.2. The van der Waals surface area contributed by atoms with Crippen LogP contribution in [0, 0.1) is 23.3 Å². The van der Waals surface area contributed by atoms with Crippen LogP contribution < -0.4 is 4.90 Å². The Morgan fingerprint density at radius 2 is 2.04 bits per heavy atom. The highest BCUT2D eigenvalue weighted by Gasteiger charge is 2.39. The van der Waals surface area contributed by atoms with E-state index in [-0.39, 0.29) is 17.7 Å². The fraction of sp³-hybridized carbons (Fsp3) is 0.350. The highest BCUT2D eigenvalue weighted by molar-refractivity contribution is 5.96. The standard InChI is InChI=1S/C20H20N4O/c1-14-11-23(13-21)12-18(14)20(25)24-8-7-16-9-17(10-22-19(16)24)15-5-3-2-4-6-15/h2-6,9-10,14,18H,7-8,11-12H2,1H3/t14-,18-/m1/s1. The first kappa shape index (κ1) is 15.6. The number of likely N-dealkylation sites (tertiary alicyclic amines) is 1. The Kier molecular flexibility index (Phi) is 3.89. The maximum atomic E-state index is 13.0. The number of nitrogens with zero attached hydrogens (tertiary/aromatic N) is 4. The van der Waals surface area contributed by atoms with Gasteiger partial charge in [-0.3, -0.25) is 9.69 Å². The second kappa shape index (κ2) is 6.21. The van der Waals surface area contributed by atoms with Gasteiger partial charge in [-0.25, -0.2) is 4.98 Å². The zero-order chi connectivity index (χ0) is 17.4. The normalized spacial score (nSPS) is 21.9. The van der Waals surface area contributed by atoms with E-state index in [9.17, 15) is 4.79 Å². The molecule has 5 nitrogen and oxygen atoms in total. The van der Waals surface area contributed by atoms with Crippen molar-refractivity contribution in [2.75, 3.05) is 24.5 Å². The molecule has 2 aliphatic heterocycles. The molecular weight excluding hydrogens is 312 g/mol. The van der Waals surface area contributed by atoms with Gasteiger partial charge in [-0.2, -0.15) is 5.26 Å². The summed E-state index contributed by atoms with van der Waals surface area (Å²) in [6.45, 7) is 3.90. The maximum absolute atomic E-state index is 13.0. The number of rotatable bonds is 2. The summed E-state index contributed by atoms with van der Waals surface area (Å²) in [6, 6.07) is 12.3. The summed E-state index contributed by atoms with van der Waals surface area (Å²) in [4.78, 5) is 21.1. The van der Waals surface area contributed by atoms with Crippen molar-refractivity contribution < 1.29 is 4.79 Å². The van der Waals surface area contributed by atoms with Crippen LogP contribution in [0.5, 0.6) is 0 Å². The van der Waals surface area contributed by atoms with Gasteiger partial charge < -0.3 is 4.90 Å². The molecular formula is C20H20N4O. The first-order valence-electron chi connectivity index (χ1n) is 8.68. The van der Waals surface area contributed by atoms with Crippen molar-refractivity contribution in [3.05, 3.63) is 48.2 Å². The van der Waals surface area contributed by atoms with Crippen LogP contribution in [0.15, 0.2) is 42.6 Å². The van der Waals surface area contributed by atoms with Gasteiger partial charge in [0.2, 0.25) is 5.91 Å². The maximum Gasteiger partial charge on any atom is 0.233 e. The number of anilines is 1. The quantitative estimate of drug-likeness (QED) is 0.793. The molecule has 0 radical (unpaired) electrons. The molecule has 25 heavy (non-hydrogen) atoms. The third kappa shape index (κ3) is 2.74. The summed E-state index contributed by atoms with van der Waals surface area (Å²) in [5.74, 6) is 0.956. The van der Waals surface area contributed by atoms with E-state index in [1.165, 1.54) is 0 Å². The van der Waals surface area contributed by atoms with Gasteiger partial charge in [0.25, 0.3) is 0 Å². The summed E-state index contributed by atoms with van der Waals surface area (Å²) in [7, 11) is 0. The van der Waals surface area contributed by atoms with Crippen molar-refractivity contribution in [2.45, 2.75) is 13.3 Å². The van der Waals surface area contributed by atoms with Crippen molar-refractivity contribution in [3.8, 4) is 17.3 Å². The molecule has 3 heterocycles. The van der Waals surface area contributed by atoms with Gasteiger partial charge in [0.05, 0.1) is 5.92 Å². The van der Waals surface area contributed by atoms with E-state index in [1.807, 2.05) is 36.2 Å². The SMILES string of the molecule is C[C@@H]1CN(C#N)C[C@H]1C(=O)N1CCc2cc(-c3ccccc3)cnc21. The molecule has 2 aromatic rings. The Labute approximate surface area is 147 Å². The lowest BCUT2D eigenvalue weighted by atomic mass is 9.97. The number of hydrogen-bond donors (Lipinski definition) is 0. The van der Waals surface area contributed by atoms with Crippen LogP contribution >= 0.6 is 0 Å². The Morgan fingerprint density at radius 3 is 2.76 bits per heavy atom. The van der Waals surface area contributed by atoms with Gasteiger partial charge in [-0.1, -0.05) is 37.3 Å². The zero-order valence-electron chi connectivity index (χ0n) is 14.2. The molecule has 0 bridgehead atoms. The summed E-state index contributed by atoms with van der Waals surface area (Å²) >= 11 is 0. The first-order valence-corrected chi connectivity index (χ1v) is 8.68. The Hall–Kier alpha value is -2.87. The minimum Gasteiger partial charge on any atom is -0.310 e. The van der Waals surface area contributed by atoms with Crippen LogP contribution in [0.4, 0.5) is 5.82 Å². The van der Waals surface area contributed by atoms with Gasteiger partial charge in [-0.05, 0) is 29.5 Å². The lowest BCUT2D eigenvalue weighted by Gasteiger charge is -2.22. The van der Waals surface area contributed by atoms with Crippen LogP contribution in [0.25, 0.3) is 11.1 Å². The lowest BCUT2D eigenvalue weighted by Crippen LogP contribution is -2.38. The Morgan fingerprint density at radius 1 is 1.24 bits per heavy atom. The van der Waals surface area contributed by atoms with Gasteiger partial charge >= 0.3 is 0 Å². The van der Waals surface area contributed by atoms with Gasteiger partial charge in [-0.15, -0.1) is 0 Å². The van der Waals surface area contributed by atoms with Crippen molar-refractivity contribution >= 4 is 11.7 Å². The van der Waals surface area contributed by atoms with Gasteiger partial charge in [0.15, 0.2) is 6.19 Å². The van der Waals surface area contributed by atoms with Crippen LogP contribution in [0.2, 0.25) is 0 Å².